The van der Waals surface area contributed by atoms with Gasteiger partial charge in [-0.1, -0.05) is 18.2 Å². The van der Waals surface area contributed by atoms with Crippen LogP contribution in [0, 0.1) is 13.8 Å². The van der Waals surface area contributed by atoms with Crippen molar-refractivity contribution in [1.82, 2.24) is 5.32 Å². The van der Waals surface area contributed by atoms with E-state index in [2.05, 4.69) is 10.6 Å². The fourth-order valence-corrected chi connectivity index (χ4v) is 3.24. The van der Waals surface area contributed by atoms with Crippen LogP contribution in [0.2, 0.25) is 0 Å². The molecule has 7 nitrogen and oxygen atoms in total. The van der Waals surface area contributed by atoms with Gasteiger partial charge in [-0.15, -0.1) is 11.3 Å². The van der Waals surface area contributed by atoms with Crippen molar-refractivity contribution in [2.24, 2.45) is 0 Å². The van der Waals surface area contributed by atoms with Gasteiger partial charge >= 0.3 is 5.97 Å². The molecule has 8 heteroatoms. The highest BCUT2D eigenvalue weighted by Crippen LogP contribution is 2.32. The van der Waals surface area contributed by atoms with Gasteiger partial charge in [0.25, 0.3) is 11.8 Å². The van der Waals surface area contributed by atoms with Crippen LogP contribution in [-0.2, 0) is 14.3 Å². The molecule has 0 atom stereocenters. The summed E-state index contributed by atoms with van der Waals surface area (Å²) in [4.78, 5) is 48.2. The first kappa shape index (κ1) is 19.3. The van der Waals surface area contributed by atoms with Gasteiger partial charge in [-0.25, -0.2) is 4.79 Å². The number of carbonyl (C=O) groups is 4. The van der Waals surface area contributed by atoms with Crippen LogP contribution in [0.1, 0.15) is 38.1 Å². The number of thiophene rings is 1. The van der Waals surface area contributed by atoms with Crippen LogP contribution < -0.4 is 10.6 Å². The van der Waals surface area contributed by atoms with E-state index in [-0.39, 0.29) is 11.5 Å². The number of ether oxygens (including phenoxy) is 1. The number of aryl methyl sites for hydroxylation is 1. The topological polar surface area (TPSA) is 102 Å². The van der Waals surface area contributed by atoms with Crippen LogP contribution in [0.5, 0.6) is 0 Å². The minimum atomic E-state index is -0.738. The van der Waals surface area contributed by atoms with Crippen LogP contribution in [0.3, 0.4) is 0 Å². The summed E-state index contributed by atoms with van der Waals surface area (Å²) in [6.45, 7) is 4.27. The predicted molar refractivity (Wildman–Crippen MR) is 97.3 cm³/mol. The zero-order valence-corrected chi connectivity index (χ0v) is 15.4. The van der Waals surface area contributed by atoms with Crippen molar-refractivity contribution in [2.75, 3.05) is 11.9 Å². The first-order valence-corrected chi connectivity index (χ1v) is 8.55. The molecule has 0 bridgehead atoms. The second-order valence-electron chi connectivity index (χ2n) is 5.49. The Bertz CT molecular complexity index is 858. The Morgan fingerprint density at radius 3 is 2.35 bits per heavy atom. The van der Waals surface area contributed by atoms with Crippen LogP contribution in [0.25, 0.3) is 0 Å². The number of amides is 3. The van der Waals surface area contributed by atoms with E-state index >= 15 is 0 Å². The molecule has 0 unspecified atom stereocenters. The maximum Gasteiger partial charge on any atom is 0.341 e. The highest BCUT2D eigenvalue weighted by atomic mass is 32.1. The lowest BCUT2D eigenvalue weighted by Gasteiger charge is -2.08. The number of carbonyl (C=O) groups excluding carboxylic acids is 4. The first-order valence-electron chi connectivity index (χ1n) is 7.73. The first-order chi connectivity index (χ1) is 12.3. The smallest absolute Gasteiger partial charge is 0.341 e. The zero-order chi connectivity index (χ0) is 19.3. The summed E-state index contributed by atoms with van der Waals surface area (Å²) in [6.07, 6.45) is 0. The number of anilines is 1. The number of benzene rings is 1. The average molecular weight is 374 g/mol. The standard InChI is InChI=1S/C18H18N2O5S/c1-10-11(2)26-17(19-12(3)21)15(10)18(24)25-9-14(22)20-16(23)13-7-5-4-6-8-13/h4-8H,9H2,1-3H3,(H,19,21)(H,20,22,23). The van der Waals surface area contributed by atoms with Crippen molar-refractivity contribution in [1.29, 1.82) is 0 Å². The van der Waals surface area contributed by atoms with Gasteiger partial charge in [0, 0.05) is 17.4 Å². The van der Waals surface area contributed by atoms with Gasteiger partial charge in [-0.3, -0.25) is 19.7 Å². The van der Waals surface area contributed by atoms with E-state index in [9.17, 15) is 19.2 Å². The van der Waals surface area contributed by atoms with Gasteiger partial charge in [0.05, 0.1) is 5.56 Å². The molecular weight excluding hydrogens is 356 g/mol. The third-order valence-electron chi connectivity index (χ3n) is 3.50. The Labute approximate surface area is 154 Å². The highest BCUT2D eigenvalue weighted by Gasteiger charge is 2.22. The fraction of sp³-hybridized carbons (Fsp3) is 0.222. The Morgan fingerprint density at radius 1 is 1.08 bits per heavy atom. The monoisotopic (exact) mass is 374 g/mol. The van der Waals surface area contributed by atoms with E-state index in [0.717, 1.165) is 4.88 Å². The highest BCUT2D eigenvalue weighted by molar-refractivity contribution is 7.16. The quantitative estimate of drug-likeness (QED) is 0.783. The molecule has 0 saturated heterocycles. The summed E-state index contributed by atoms with van der Waals surface area (Å²) >= 11 is 1.25. The molecule has 1 heterocycles. The van der Waals surface area contributed by atoms with Crippen molar-refractivity contribution in [3.63, 3.8) is 0 Å². The molecule has 2 rings (SSSR count). The number of nitrogens with one attached hydrogen (secondary N) is 2. The van der Waals surface area contributed by atoms with Crippen molar-refractivity contribution in [3.8, 4) is 0 Å². The third-order valence-corrected chi connectivity index (χ3v) is 4.62. The molecule has 2 aromatic rings. The van der Waals surface area contributed by atoms with Gasteiger partial charge in [0.2, 0.25) is 5.91 Å². The number of hydrogen-bond donors (Lipinski definition) is 2. The molecule has 0 aliphatic heterocycles. The van der Waals surface area contributed by atoms with Gasteiger partial charge in [0.15, 0.2) is 6.61 Å². The third kappa shape index (κ3) is 4.76. The predicted octanol–water partition coefficient (Wildman–Crippen LogP) is 2.44. The summed E-state index contributed by atoms with van der Waals surface area (Å²) in [5.41, 5.74) is 1.21. The van der Waals surface area contributed by atoms with E-state index in [0.29, 0.717) is 16.1 Å². The number of rotatable bonds is 5. The Hall–Kier alpha value is -3.00. The molecule has 26 heavy (non-hydrogen) atoms. The van der Waals surface area contributed by atoms with E-state index in [1.807, 2.05) is 6.92 Å². The Balaban J connectivity index is 1.99. The second-order valence-corrected chi connectivity index (χ2v) is 6.71. The second kappa shape index (κ2) is 8.39. The molecule has 0 fully saturated rings. The number of esters is 1. The summed E-state index contributed by atoms with van der Waals surface area (Å²) < 4.78 is 5.00. The van der Waals surface area contributed by atoms with E-state index in [4.69, 9.17) is 4.74 Å². The largest absolute Gasteiger partial charge is 0.452 e. The van der Waals surface area contributed by atoms with Gasteiger partial charge in [-0.05, 0) is 31.5 Å². The lowest BCUT2D eigenvalue weighted by Crippen LogP contribution is -2.34. The van der Waals surface area contributed by atoms with E-state index < -0.39 is 24.4 Å². The number of imide groups is 1. The molecular formula is C18H18N2O5S. The van der Waals surface area contributed by atoms with Crippen LogP contribution in [-0.4, -0.2) is 30.3 Å². The average Bonchev–Trinajstić information content (AvgIpc) is 2.86. The SMILES string of the molecule is CC(=O)Nc1sc(C)c(C)c1C(=O)OCC(=O)NC(=O)c1ccccc1. The summed E-state index contributed by atoms with van der Waals surface area (Å²) in [5, 5.41) is 5.10. The molecule has 0 radical (unpaired) electrons. The maximum absolute atomic E-state index is 12.3. The van der Waals surface area contributed by atoms with E-state index in [1.165, 1.54) is 18.3 Å². The van der Waals surface area contributed by atoms with Crippen molar-refractivity contribution in [2.45, 2.75) is 20.8 Å². The van der Waals surface area contributed by atoms with Crippen LogP contribution in [0.4, 0.5) is 5.00 Å². The van der Waals surface area contributed by atoms with Crippen molar-refractivity contribution >= 4 is 40.0 Å². The van der Waals surface area contributed by atoms with Gasteiger partial charge in [0.1, 0.15) is 5.00 Å². The Morgan fingerprint density at radius 2 is 1.73 bits per heavy atom. The molecule has 0 saturated carbocycles. The summed E-state index contributed by atoms with van der Waals surface area (Å²) in [5.74, 6) is -2.37. The van der Waals surface area contributed by atoms with Crippen LogP contribution >= 0.6 is 11.3 Å². The molecule has 3 amide bonds. The van der Waals surface area contributed by atoms with Crippen molar-refractivity contribution in [3.05, 3.63) is 51.9 Å². The minimum Gasteiger partial charge on any atom is -0.452 e. The summed E-state index contributed by atoms with van der Waals surface area (Å²) in [6, 6.07) is 8.21. The zero-order valence-electron chi connectivity index (χ0n) is 14.5. The lowest BCUT2D eigenvalue weighted by atomic mass is 10.1. The molecule has 0 spiro atoms. The van der Waals surface area contributed by atoms with Crippen molar-refractivity contribution < 1.29 is 23.9 Å². The lowest BCUT2D eigenvalue weighted by molar-refractivity contribution is -0.123. The molecule has 1 aromatic heterocycles. The Kier molecular flexibility index (Phi) is 6.24. The van der Waals surface area contributed by atoms with Crippen LogP contribution in [0.15, 0.2) is 30.3 Å². The van der Waals surface area contributed by atoms with E-state index in [1.54, 1.807) is 37.3 Å². The molecule has 0 aliphatic carbocycles. The molecule has 0 aliphatic rings. The minimum absolute atomic E-state index is 0.213. The maximum atomic E-state index is 12.3. The molecule has 2 N–H and O–H groups in total. The van der Waals surface area contributed by atoms with Gasteiger partial charge < -0.3 is 10.1 Å². The molecule has 136 valence electrons. The summed E-state index contributed by atoms with van der Waals surface area (Å²) in [7, 11) is 0. The molecule has 1 aromatic carbocycles. The fourth-order valence-electron chi connectivity index (χ4n) is 2.15. The normalized spacial score (nSPS) is 10.1. The van der Waals surface area contributed by atoms with Gasteiger partial charge in [-0.2, -0.15) is 0 Å². The number of hydrogen-bond acceptors (Lipinski definition) is 6.